The van der Waals surface area contributed by atoms with Crippen molar-refractivity contribution in [1.29, 1.82) is 0 Å². The van der Waals surface area contributed by atoms with E-state index in [4.69, 9.17) is 5.11 Å². The van der Waals surface area contributed by atoms with Crippen molar-refractivity contribution in [2.24, 2.45) is 5.92 Å². The highest BCUT2D eigenvalue weighted by molar-refractivity contribution is 7.18. The highest BCUT2D eigenvalue weighted by Gasteiger charge is 2.07. The van der Waals surface area contributed by atoms with Crippen molar-refractivity contribution in [2.45, 2.75) is 26.7 Å². The van der Waals surface area contributed by atoms with Gasteiger partial charge in [-0.2, -0.15) is 0 Å². The first kappa shape index (κ1) is 12.0. The summed E-state index contributed by atoms with van der Waals surface area (Å²) >= 11 is 1.66. The van der Waals surface area contributed by atoms with E-state index in [2.05, 4.69) is 18.8 Å². The Balaban J connectivity index is 2.30. The summed E-state index contributed by atoms with van der Waals surface area (Å²) in [6, 6.07) is 5.69. The van der Waals surface area contributed by atoms with Gasteiger partial charge in [-0.25, -0.2) is 4.98 Å². The van der Waals surface area contributed by atoms with Gasteiger partial charge in [-0.15, -0.1) is 11.3 Å². The lowest BCUT2D eigenvalue weighted by Crippen LogP contribution is -1.99. The van der Waals surface area contributed by atoms with Crippen molar-refractivity contribution in [1.82, 2.24) is 4.98 Å². The number of hydrogen-bond donors (Lipinski definition) is 1. The minimum Gasteiger partial charge on any atom is -0.481 e. The summed E-state index contributed by atoms with van der Waals surface area (Å²) in [5, 5.41) is 9.88. The highest BCUT2D eigenvalue weighted by atomic mass is 32.1. The van der Waals surface area contributed by atoms with Gasteiger partial charge in [0.25, 0.3) is 0 Å². The fraction of sp³-hybridized carbons (Fsp3) is 0.385. The van der Waals surface area contributed by atoms with Crippen LogP contribution >= 0.6 is 11.3 Å². The second-order valence-corrected chi connectivity index (χ2v) is 5.69. The molecule has 2 rings (SSSR count). The monoisotopic (exact) mass is 249 g/mol. The van der Waals surface area contributed by atoms with Crippen LogP contribution in [0.5, 0.6) is 0 Å². The van der Waals surface area contributed by atoms with Crippen LogP contribution in [0.25, 0.3) is 10.2 Å². The lowest BCUT2D eigenvalue weighted by Gasteiger charge is -1.97. The molecule has 0 saturated carbocycles. The average Bonchev–Trinajstić information content (AvgIpc) is 2.56. The molecule has 0 unspecified atom stereocenters. The van der Waals surface area contributed by atoms with Gasteiger partial charge in [0.15, 0.2) is 0 Å². The van der Waals surface area contributed by atoms with E-state index in [0.717, 1.165) is 27.2 Å². The van der Waals surface area contributed by atoms with Crippen LogP contribution in [0.1, 0.15) is 24.4 Å². The molecule has 0 aliphatic carbocycles. The molecule has 1 aromatic carbocycles. The predicted molar refractivity (Wildman–Crippen MR) is 69.5 cm³/mol. The van der Waals surface area contributed by atoms with E-state index in [0.29, 0.717) is 5.92 Å². The third kappa shape index (κ3) is 3.03. The Morgan fingerprint density at radius 1 is 1.47 bits per heavy atom. The Morgan fingerprint density at radius 2 is 2.24 bits per heavy atom. The molecule has 0 aliphatic rings. The van der Waals surface area contributed by atoms with Crippen molar-refractivity contribution in [3.8, 4) is 0 Å². The van der Waals surface area contributed by atoms with Crippen LogP contribution in [-0.2, 0) is 17.6 Å². The predicted octanol–water partition coefficient (Wildman–Crippen LogP) is 3.12. The largest absolute Gasteiger partial charge is 0.481 e. The van der Waals surface area contributed by atoms with Crippen molar-refractivity contribution in [2.75, 3.05) is 0 Å². The number of nitrogens with zero attached hydrogens (tertiary/aromatic N) is 1. The van der Waals surface area contributed by atoms with Crippen LogP contribution in [0, 0.1) is 5.92 Å². The maximum atomic E-state index is 10.6. The minimum absolute atomic E-state index is 0.0767. The van der Waals surface area contributed by atoms with Crippen molar-refractivity contribution < 1.29 is 9.90 Å². The normalized spacial score (nSPS) is 11.2. The Morgan fingerprint density at radius 3 is 2.88 bits per heavy atom. The Kier molecular flexibility index (Phi) is 3.43. The van der Waals surface area contributed by atoms with Crippen molar-refractivity contribution in [3.63, 3.8) is 0 Å². The van der Waals surface area contributed by atoms with E-state index < -0.39 is 5.97 Å². The van der Waals surface area contributed by atoms with Crippen LogP contribution in [0.15, 0.2) is 18.2 Å². The van der Waals surface area contributed by atoms with Gasteiger partial charge >= 0.3 is 5.97 Å². The van der Waals surface area contributed by atoms with Crippen LogP contribution < -0.4 is 0 Å². The number of thiazole rings is 1. The third-order valence-corrected chi connectivity index (χ3v) is 3.48. The summed E-state index contributed by atoms with van der Waals surface area (Å²) < 4.78 is 1.08. The first-order chi connectivity index (χ1) is 8.04. The molecule has 0 amide bonds. The lowest BCUT2D eigenvalue weighted by molar-refractivity contribution is -0.136. The summed E-state index contributed by atoms with van der Waals surface area (Å²) in [7, 11) is 0. The molecule has 17 heavy (non-hydrogen) atoms. The summed E-state index contributed by atoms with van der Waals surface area (Å²) in [6.07, 6.45) is 1.06. The SMILES string of the molecule is CC(C)Cc1nc2ccc(CC(=O)O)cc2s1. The molecule has 2 aromatic rings. The van der Waals surface area contributed by atoms with E-state index in [1.54, 1.807) is 11.3 Å². The van der Waals surface area contributed by atoms with Crippen LogP contribution in [-0.4, -0.2) is 16.1 Å². The first-order valence-electron chi connectivity index (χ1n) is 5.64. The molecule has 0 spiro atoms. The molecule has 0 bridgehead atoms. The van der Waals surface area contributed by atoms with E-state index >= 15 is 0 Å². The average molecular weight is 249 g/mol. The molecule has 0 saturated heterocycles. The molecule has 0 atom stereocenters. The van der Waals surface area contributed by atoms with E-state index in [-0.39, 0.29) is 6.42 Å². The zero-order chi connectivity index (χ0) is 12.4. The number of carboxylic acids is 1. The van der Waals surface area contributed by atoms with E-state index in [1.165, 1.54) is 0 Å². The number of carbonyl (C=O) groups is 1. The van der Waals surface area contributed by atoms with Crippen LogP contribution in [0.2, 0.25) is 0 Å². The molecule has 4 heteroatoms. The molecule has 90 valence electrons. The second-order valence-electron chi connectivity index (χ2n) is 4.58. The van der Waals surface area contributed by atoms with Gasteiger partial charge < -0.3 is 5.11 Å². The summed E-state index contributed by atoms with van der Waals surface area (Å²) in [4.78, 5) is 15.2. The highest BCUT2D eigenvalue weighted by Crippen LogP contribution is 2.25. The fourth-order valence-corrected chi connectivity index (χ4v) is 2.98. The fourth-order valence-electron chi connectivity index (χ4n) is 1.74. The van der Waals surface area contributed by atoms with Crippen molar-refractivity contribution in [3.05, 3.63) is 28.8 Å². The molecule has 0 fully saturated rings. The van der Waals surface area contributed by atoms with Gasteiger partial charge in [-0.1, -0.05) is 19.9 Å². The number of benzene rings is 1. The zero-order valence-electron chi connectivity index (χ0n) is 9.93. The maximum Gasteiger partial charge on any atom is 0.307 e. The van der Waals surface area contributed by atoms with E-state index in [9.17, 15) is 4.79 Å². The van der Waals surface area contributed by atoms with Crippen molar-refractivity contribution >= 4 is 27.5 Å². The summed E-state index contributed by atoms with van der Waals surface area (Å²) in [5.41, 5.74) is 1.81. The molecule has 0 aliphatic heterocycles. The first-order valence-corrected chi connectivity index (χ1v) is 6.46. The van der Waals surface area contributed by atoms with Gasteiger partial charge in [-0.3, -0.25) is 4.79 Å². The van der Waals surface area contributed by atoms with Gasteiger partial charge in [-0.05, 0) is 23.6 Å². The quantitative estimate of drug-likeness (QED) is 0.905. The Labute approximate surface area is 104 Å². The molecule has 1 aromatic heterocycles. The molecule has 0 radical (unpaired) electrons. The molecule has 1 N–H and O–H groups in total. The number of aliphatic carboxylic acids is 1. The molecular formula is C13H15NO2S. The topological polar surface area (TPSA) is 50.2 Å². The Hall–Kier alpha value is -1.42. The number of aromatic nitrogens is 1. The van der Waals surface area contributed by atoms with Crippen LogP contribution in [0.4, 0.5) is 0 Å². The van der Waals surface area contributed by atoms with Gasteiger partial charge in [0.2, 0.25) is 0 Å². The second kappa shape index (κ2) is 4.84. The minimum atomic E-state index is -0.795. The standard InChI is InChI=1S/C13H15NO2S/c1-8(2)5-12-14-10-4-3-9(7-13(15)16)6-11(10)17-12/h3-4,6,8H,5,7H2,1-2H3,(H,15,16). The van der Waals surface area contributed by atoms with Gasteiger partial charge in [0.1, 0.15) is 0 Å². The zero-order valence-corrected chi connectivity index (χ0v) is 10.8. The lowest BCUT2D eigenvalue weighted by atomic mass is 10.1. The molecular weight excluding hydrogens is 234 g/mol. The van der Waals surface area contributed by atoms with Crippen LogP contribution in [0.3, 0.4) is 0 Å². The molecule has 1 heterocycles. The van der Waals surface area contributed by atoms with Gasteiger partial charge in [0, 0.05) is 6.42 Å². The third-order valence-electron chi connectivity index (χ3n) is 2.44. The van der Waals surface area contributed by atoms with E-state index in [1.807, 2.05) is 18.2 Å². The number of rotatable bonds is 4. The summed E-state index contributed by atoms with van der Waals surface area (Å²) in [5.74, 6) is -0.203. The number of fused-ring (bicyclic) bond motifs is 1. The smallest absolute Gasteiger partial charge is 0.307 e. The van der Waals surface area contributed by atoms with Gasteiger partial charge in [0.05, 0.1) is 21.6 Å². The maximum absolute atomic E-state index is 10.6. The summed E-state index contributed by atoms with van der Waals surface area (Å²) in [6.45, 7) is 4.34. The molecule has 3 nitrogen and oxygen atoms in total. The number of carboxylic acid groups (broad SMARTS) is 1. The number of hydrogen-bond acceptors (Lipinski definition) is 3. The Bertz CT molecular complexity index is 545.